The lowest BCUT2D eigenvalue weighted by Crippen LogP contribution is -2.17. The molecule has 2 aromatic rings. The first-order valence-electron chi connectivity index (χ1n) is 5.40. The number of furan rings is 1. The summed E-state index contributed by atoms with van der Waals surface area (Å²) < 4.78 is 46.2. The van der Waals surface area contributed by atoms with Gasteiger partial charge in [-0.05, 0) is 24.3 Å². The van der Waals surface area contributed by atoms with Crippen LogP contribution < -0.4 is 10.1 Å². The summed E-state index contributed by atoms with van der Waals surface area (Å²) in [6, 6.07) is 6.40. The molecule has 5 nitrogen and oxygen atoms in total. The van der Waals surface area contributed by atoms with Gasteiger partial charge in [0.15, 0.2) is 11.6 Å². The second kappa shape index (κ2) is 5.68. The quantitative estimate of drug-likeness (QED) is 0.840. The highest BCUT2D eigenvalue weighted by atomic mass is 79.9. The normalized spacial score (nSPS) is 11.2. The Kier molecular flexibility index (Phi) is 4.12. The van der Waals surface area contributed by atoms with Crippen molar-refractivity contribution < 1.29 is 32.2 Å². The molecule has 0 aliphatic heterocycles. The summed E-state index contributed by atoms with van der Waals surface area (Å²) >= 11 is 3.04. The average molecular weight is 366 g/mol. The standard InChI is InChI=1S/C12H7BrF3NO4/c13-6-1-2-7(9(5-6)21-12(14,15)16)17-10-4-3-8(20-10)11(18)19/h1-5,17H,(H,18,19). The van der Waals surface area contributed by atoms with Gasteiger partial charge in [-0.25, -0.2) is 4.79 Å². The van der Waals surface area contributed by atoms with Crippen LogP contribution in [0.4, 0.5) is 24.7 Å². The predicted molar refractivity (Wildman–Crippen MR) is 69.8 cm³/mol. The maximum atomic E-state index is 12.3. The Hall–Kier alpha value is -2.16. The van der Waals surface area contributed by atoms with Gasteiger partial charge < -0.3 is 19.6 Å². The zero-order valence-corrected chi connectivity index (χ0v) is 11.7. The fourth-order valence-electron chi connectivity index (χ4n) is 1.46. The molecule has 0 atom stereocenters. The fraction of sp³-hybridized carbons (Fsp3) is 0.0833. The maximum Gasteiger partial charge on any atom is 0.573 e. The number of rotatable bonds is 4. The molecule has 0 saturated heterocycles. The molecule has 0 fully saturated rings. The summed E-state index contributed by atoms with van der Waals surface area (Å²) in [5.74, 6) is -2.13. The van der Waals surface area contributed by atoms with Crippen molar-refractivity contribution >= 4 is 33.5 Å². The Bertz CT molecular complexity index is 669. The van der Waals surface area contributed by atoms with E-state index in [4.69, 9.17) is 9.52 Å². The summed E-state index contributed by atoms with van der Waals surface area (Å²) in [6.45, 7) is 0. The van der Waals surface area contributed by atoms with Gasteiger partial charge in [0.2, 0.25) is 5.76 Å². The highest BCUT2D eigenvalue weighted by Gasteiger charge is 2.32. The Morgan fingerprint density at radius 1 is 1.29 bits per heavy atom. The first-order valence-corrected chi connectivity index (χ1v) is 6.19. The van der Waals surface area contributed by atoms with Crippen molar-refractivity contribution in [1.82, 2.24) is 0 Å². The molecule has 2 N–H and O–H groups in total. The van der Waals surface area contributed by atoms with Gasteiger partial charge in [0, 0.05) is 10.5 Å². The monoisotopic (exact) mass is 365 g/mol. The van der Waals surface area contributed by atoms with Crippen molar-refractivity contribution in [2.24, 2.45) is 0 Å². The molecule has 21 heavy (non-hydrogen) atoms. The van der Waals surface area contributed by atoms with Crippen LogP contribution >= 0.6 is 15.9 Å². The zero-order chi connectivity index (χ0) is 15.6. The summed E-state index contributed by atoms with van der Waals surface area (Å²) in [5, 5.41) is 11.2. The van der Waals surface area contributed by atoms with Crippen LogP contribution in [0, 0.1) is 0 Å². The summed E-state index contributed by atoms with van der Waals surface area (Å²) in [4.78, 5) is 10.7. The highest BCUT2D eigenvalue weighted by molar-refractivity contribution is 9.10. The zero-order valence-electron chi connectivity index (χ0n) is 10.1. The number of hydrogen-bond acceptors (Lipinski definition) is 4. The van der Waals surface area contributed by atoms with Gasteiger partial charge in [-0.1, -0.05) is 15.9 Å². The number of carboxylic acid groups (broad SMARTS) is 1. The molecule has 1 heterocycles. The number of benzene rings is 1. The molecule has 0 saturated carbocycles. The van der Waals surface area contributed by atoms with Gasteiger partial charge in [-0.15, -0.1) is 13.2 Å². The smallest absolute Gasteiger partial charge is 0.475 e. The Balaban J connectivity index is 2.28. The minimum atomic E-state index is -4.85. The van der Waals surface area contributed by atoms with Crippen molar-refractivity contribution in [1.29, 1.82) is 0 Å². The van der Waals surface area contributed by atoms with Gasteiger partial charge in [-0.2, -0.15) is 0 Å². The predicted octanol–water partition coefficient (Wildman–Crippen LogP) is 4.38. The molecule has 0 bridgehead atoms. The summed E-state index contributed by atoms with van der Waals surface area (Å²) in [6.07, 6.45) is -4.85. The van der Waals surface area contributed by atoms with E-state index in [0.717, 1.165) is 6.07 Å². The number of hydrogen-bond donors (Lipinski definition) is 2. The van der Waals surface area contributed by atoms with Crippen LogP contribution in [-0.2, 0) is 0 Å². The van der Waals surface area contributed by atoms with Crippen LogP contribution in [0.25, 0.3) is 0 Å². The molecule has 1 aromatic carbocycles. The third kappa shape index (κ3) is 4.15. The molecule has 112 valence electrons. The first kappa shape index (κ1) is 15.2. The number of anilines is 2. The number of nitrogens with one attached hydrogen (secondary N) is 1. The maximum absolute atomic E-state index is 12.3. The van der Waals surface area contributed by atoms with Crippen LogP contribution in [0.15, 0.2) is 39.2 Å². The van der Waals surface area contributed by atoms with Gasteiger partial charge >= 0.3 is 12.3 Å². The number of halogens is 4. The Morgan fingerprint density at radius 3 is 2.57 bits per heavy atom. The largest absolute Gasteiger partial charge is 0.573 e. The van der Waals surface area contributed by atoms with E-state index >= 15 is 0 Å². The van der Waals surface area contributed by atoms with E-state index in [2.05, 4.69) is 26.0 Å². The number of carbonyl (C=O) groups is 1. The minimum Gasteiger partial charge on any atom is -0.475 e. The number of ether oxygens (including phenoxy) is 1. The van der Waals surface area contributed by atoms with Crippen LogP contribution in [0.5, 0.6) is 5.75 Å². The molecule has 9 heteroatoms. The summed E-state index contributed by atoms with van der Waals surface area (Å²) in [5.41, 5.74) is -0.0261. The van der Waals surface area contributed by atoms with E-state index in [1.165, 1.54) is 24.3 Å². The molecule has 1 aromatic heterocycles. The van der Waals surface area contributed by atoms with Crippen LogP contribution in [0.3, 0.4) is 0 Å². The minimum absolute atomic E-state index is 0.0261. The molecule has 0 unspecified atom stereocenters. The lowest BCUT2D eigenvalue weighted by atomic mass is 10.3. The van der Waals surface area contributed by atoms with E-state index in [-0.39, 0.29) is 17.3 Å². The summed E-state index contributed by atoms with van der Waals surface area (Å²) in [7, 11) is 0. The first-order chi connectivity index (χ1) is 9.74. The van der Waals surface area contributed by atoms with Crippen molar-refractivity contribution in [3.05, 3.63) is 40.6 Å². The topological polar surface area (TPSA) is 71.7 Å². The van der Waals surface area contributed by atoms with Crippen molar-refractivity contribution in [3.8, 4) is 5.75 Å². The lowest BCUT2D eigenvalue weighted by molar-refractivity contribution is -0.274. The van der Waals surface area contributed by atoms with E-state index in [9.17, 15) is 18.0 Å². The molecule has 0 radical (unpaired) electrons. The molecule has 0 spiro atoms. The molecule has 0 amide bonds. The second-order valence-corrected chi connectivity index (χ2v) is 4.70. The van der Waals surface area contributed by atoms with Crippen molar-refractivity contribution in [3.63, 3.8) is 0 Å². The van der Waals surface area contributed by atoms with E-state index in [1.807, 2.05) is 0 Å². The van der Waals surface area contributed by atoms with E-state index in [1.54, 1.807) is 0 Å². The van der Waals surface area contributed by atoms with Gasteiger partial charge in [0.1, 0.15) is 0 Å². The SMILES string of the molecule is O=C(O)c1ccc(Nc2ccc(Br)cc2OC(F)(F)F)o1. The van der Waals surface area contributed by atoms with E-state index in [0.29, 0.717) is 4.47 Å². The second-order valence-electron chi connectivity index (χ2n) is 3.78. The number of carboxylic acids is 1. The number of alkyl halides is 3. The third-order valence-electron chi connectivity index (χ3n) is 2.24. The highest BCUT2D eigenvalue weighted by Crippen LogP contribution is 2.35. The van der Waals surface area contributed by atoms with E-state index < -0.39 is 18.1 Å². The average Bonchev–Trinajstić information content (AvgIpc) is 2.79. The lowest BCUT2D eigenvalue weighted by Gasteiger charge is -2.13. The van der Waals surface area contributed by atoms with Crippen molar-refractivity contribution in [2.45, 2.75) is 6.36 Å². The molecule has 0 aliphatic rings. The van der Waals surface area contributed by atoms with Gasteiger partial charge in [-0.3, -0.25) is 0 Å². The van der Waals surface area contributed by atoms with Gasteiger partial charge in [0.25, 0.3) is 0 Å². The third-order valence-corrected chi connectivity index (χ3v) is 2.74. The number of aromatic carboxylic acids is 1. The van der Waals surface area contributed by atoms with Crippen LogP contribution in [0.2, 0.25) is 0 Å². The molecular weight excluding hydrogens is 359 g/mol. The molecular formula is C12H7BrF3NO4. The molecule has 2 rings (SSSR count). The fourth-order valence-corrected chi connectivity index (χ4v) is 1.80. The van der Waals surface area contributed by atoms with Gasteiger partial charge in [0.05, 0.1) is 5.69 Å². The molecule has 0 aliphatic carbocycles. The van der Waals surface area contributed by atoms with Crippen LogP contribution in [0.1, 0.15) is 10.6 Å². The van der Waals surface area contributed by atoms with Crippen molar-refractivity contribution in [2.75, 3.05) is 5.32 Å². The Morgan fingerprint density at radius 2 is 2.00 bits per heavy atom. The van der Waals surface area contributed by atoms with Crippen LogP contribution in [-0.4, -0.2) is 17.4 Å². The Labute approximate surface area is 124 Å².